The number of halogens is 5. The van der Waals surface area contributed by atoms with Gasteiger partial charge >= 0.3 is 11.9 Å². The number of carbonyl (C=O) groups excluding carboxylic acids is 2. The molecule has 0 aliphatic carbocycles. The summed E-state index contributed by atoms with van der Waals surface area (Å²) in [7, 11) is 0. The molecule has 0 aromatic heterocycles. The van der Waals surface area contributed by atoms with Gasteiger partial charge in [0.2, 0.25) is 5.82 Å². The predicted octanol–water partition coefficient (Wildman–Crippen LogP) is 3.33. The minimum atomic E-state index is -2.30. The molecule has 128 valence electrons. The summed E-state index contributed by atoms with van der Waals surface area (Å²) in [5, 5.41) is 0. The van der Waals surface area contributed by atoms with Crippen LogP contribution in [0.15, 0.2) is 0 Å². The highest BCUT2D eigenvalue weighted by Crippen LogP contribution is 2.29. The number of esters is 2. The summed E-state index contributed by atoms with van der Waals surface area (Å²) in [5.41, 5.74) is -1.26. The van der Waals surface area contributed by atoms with E-state index < -0.39 is 59.1 Å². The van der Waals surface area contributed by atoms with Gasteiger partial charge in [0.1, 0.15) is 6.10 Å². The molecule has 0 radical (unpaired) electrons. The monoisotopic (exact) mass is 340 g/mol. The molecule has 1 atom stereocenters. The third-order valence-corrected chi connectivity index (χ3v) is 2.80. The molecule has 0 N–H and O–H groups in total. The van der Waals surface area contributed by atoms with E-state index >= 15 is 0 Å². The highest BCUT2D eigenvalue weighted by molar-refractivity contribution is 5.77. The molecule has 0 saturated carbocycles. The van der Waals surface area contributed by atoms with Crippen LogP contribution in [0.3, 0.4) is 0 Å². The smallest absolute Gasteiger partial charge is 0.306 e. The molecule has 0 spiro atoms. The van der Waals surface area contributed by atoms with Gasteiger partial charge in [0.05, 0.1) is 25.0 Å². The molecular weight excluding hydrogens is 327 g/mol. The van der Waals surface area contributed by atoms with E-state index in [1.165, 1.54) is 0 Å². The summed E-state index contributed by atoms with van der Waals surface area (Å²) in [6, 6.07) is 0. The highest BCUT2D eigenvalue weighted by atomic mass is 19.2. The lowest BCUT2D eigenvalue weighted by Crippen LogP contribution is -2.16. The van der Waals surface area contributed by atoms with Gasteiger partial charge in [-0.1, -0.05) is 0 Å². The molecule has 0 saturated heterocycles. The fourth-order valence-corrected chi connectivity index (χ4v) is 1.73. The van der Waals surface area contributed by atoms with Crippen LogP contribution in [0.1, 0.15) is 38.4 Å². The Morgan fingerprint density at radius 2 is 1.30 bits per heavy atom. The lowest BCUT2D eigenvalue weighted by molar-refractivity contribution is -0.153. The predicted molar refractivity (Wildman–Crippen MR) is 66.6 cm³/mol. The molecule has 4 nitrogen and oxygen atoms in total. The van der Waals surface area contributed by atoms with E-state index in [1.54, 1.807) is 6.92 Å². The van der Waals surface area contributed by atoms with Crippen molar-refractivity contribution in [3.8, 4) is 0 Å². The molecule has 1 aromatic rings. The fraction of sp³-hybridized carbons (Fsp3) is 0.429. The van der Waals surface area contributed by atoms with Crippen LogP contribution in [0.4, 0.5) is 22.0 Å². The normalized spacial score (nSPS) is 12.0. The van der Waals surface area contributed by atoms with Gasteiger partial charge in [0.15, 0.2) is 23.3 Å². The first kappa shape index (κ1) is 18.9. The summed E-state index contributed by atoms with van der Waals surface area (Å²) in [6.45, 7) is 2.61. The zero-order chi connectivity index (χ0) is 17.7. The van der Waals surface area contributed by atoms with Crippen molar-refractivity contribution in [2.24, 2.45) is 0 Å². The van der Waals surface area contributed by atoms with Crippen molar-refractivity contribution in [2.45, 2.75) is 32.8 Å². The van der Waals surface area contributed by atoms with Crippen LogP contribution in [-0.4, -0.2) is 18.5 Å². The maximum Gasteiger partial charge on any atom is 0.306 e. The quantitative estimate of drug-likeness (QED) is 0.345. The Bertz CT molecular complexity index is 589. The average molecular weight is 340 g/mol. The number of carbonyl (C=O) groups is 2. The van der Waals surface area contributed by atoms with Crippen LogP contribution in [0.2, 0.25) is 0 Å². The summed E-state index contributed by atoms with van der Waals surface area (Å²) >= 11 is 0. The first-order chi connectivity index (χ1) is 10.7. The number of hydrogen-bond donors (Lipinski definition) is 0. The summed E-state index contributed by atoms with van der Waals surface area (Å²) in [6.07, 6.45) is -2.52. The van der Waals surface area contributed by atoms with E-state index in [-0.39, 0.29) is 13.0 Å². The number of rotatable bonds is 6. The van der Waals surface area contributed by atoms with Crippen LogP contribution in [0.5, 0.6) is 0 Å². The van der Waals surface area contributed by atoms with Gasteiger partial charge in [-0.3, -0.25) is 9.59 Å². The van der Waals surface area contributed by atoms with Crippen LogP contribution in [0, 0.1) is 29.1 Å². The molecule has 0 aliphatic heterocycles. The second-order valence-electron chi connectivity index (χ2n) is 4.42. The molecule has 0 aliphatic rings. The number of hydrogen-bond acceptors (Lipinski definition) is 4. The lowest BCUT2D eigenvalue weighted by atomic mass is 10.1. The minimum Gasteiger partial charge on any atom is -0.466 e. The number of ether oxygens (including phenoxy) is 2. The zero-order valence-corrected chi connectivity index (χ0v) is 12.2. The van der Waals surface area contributed by atoms with Gasteiger partial charge in [0.25, 0.3) is 0 Å². The summed E-state index contributed by atoms with van der Waals surface area (Å²) in [5.74, 6) is -12.5. The van der Waals surface area contributed by atoms with E-state index in [2.05, 4.69) is 9.47 Å². The maximum absolute atomic E-state index is 13.5. The van der Waals surface area contributed by atoms with E-state index in [4.69, 9.17) is 0 Å². The molecule has 0 fully saturated rings. The van der Waals surface area contributed by atoms with Crippen molar-refractivity contribution >= 4 is 11.9 Å². The van der Waals surface area contributed by atoms with Gasteiger partial charge in [0, 0.05) is 0 Å². The van der Waals surface area contributed by atoms with Crippen molar-refractivity contribution in [3.63, 3.8) is 0 Å². The second-order valence-corrected chi connectivity index (χ2v) is 4.42. The molecular formula is C14H13F5O4. The van der Waals surface area contributed by atoms with Crippen molar-refractivity contribution in [2.75, 3.05) is 6.61 Å². The minimum absolute atomic E-state index is 0.106. The third-order valence-electron chi connectivity index (χ3n) is 2.80. The Kier molecular flexibility index (Phi) is 6.47. The number of benzene rings is 1. The molecule has 9 heteroatoms. The molecule has 0 amide bonds. The van der Waals surface area contributed by atoms with Crippen molar-refractivity contribution in [1.82, 2.24) is 0 Å². The molecule has 0 bridgehead atoms. The Hall–Kier alpha value is -2.19. The van der Waals surface area contributed by atoms with E-state index in [1.807, 2.05) is 0 Å². The second kappa shape index (κ2) is 7.89. The largest absolute Gasteiger partial charge is 0.466 e. The van der Waals surface area contributed by atoms with Crippen LogP contribution in [-0.2, 0) is 19.1 Å². The molecule has 0 heterocycles. The zero-order valence-electron chi connectivity index (χ0n) is 12.2. The Balaban J connectivity index is 2.85. The first-order valence-electron chi connectivity index (χ1n) is 6.57. The first-order valence-corrected chi connectivity index (χ1v) is 6.57. The molecule has 23 heavy (non-hydrogen) atoms. The highest BCUT2D eigenvalue weighted by Gasteiger charge is 2.30. The topological polar surface area (TPSA) is 52.6 Å². The van der Waals surface area contributed by atoms with Crippen molar-refractivity contribution in [1.29, 1.82) is 0 Å². The summed E-state index contributed by atoms with van der Waals surface area (Å²) < 4.78 is 75.3. The van der Waals surface area contributed by atoms with Gasteiger partial charge < -0.3 is 9.47 Å². The average Bonchev–Trinajstić information content (AvgIpc) is 2.49. The van der Waals surface area contributed by atoms with Crippen LogP contribution < -0.4 is 0 Å². The Labute approximate surface area is 128 Å². The van der Waals surface area contributed by atoms with Gasteiger partial charge in [-0.15, -0.1) is 0 Å². The van der Waals surface area contributed by atoms with Gasteiger partial charge in [-0.05, 0) is 13.8 Å². The van der Waals surface area contributed by atoms with E-state index in [9.17, 15) is 31.5 Å². The SMILES string of the molecule is CCOC(=O)CCC(=O)OC(C)c1c(F)c(F)c(F)c(F)c1F. The van der Waals surface area contributed by atoms with E-state index in [0.29, 0.717) is 0 Å². The van der Waals surface area contributed by atoms with Crippen molar-refractivity contribution < 1.29 is 41.0 Å². The molecule has 1 rings (SSSR count). The van der Waals surface area contributed by atoms with E-state index in [0.717, 1.165) is 6.92 Å². The van der Waals surface area contributed by atoms with Crippen molar-refractivity contribution in [3.05, 3.63) is 34.6 Å². The maximum atomic E-state index is 13.5. The van der Waals surface area contributed by atoms with Crippen LogP contribution >= 0.6 is 0 Å². The van der Waals surface area contributed by atoms with Gasteiger partial charge in [-0.2, -0.15) is 0 Å². The van der Waals surface area contributed by atoms with Crippen LogP contribution in [0.25, 0.3) is 0 Å². The lowest BCUT2D eigenvalue weighted by Gasteiger charge is -2.16. The molecule has 1 aromatic carbocycles. The summed E-state index contributed by atoms with van der Waals surface area (Å²) in [4.78, 5) is 22.5. The fourth-order valence-electron chi connectivity index (χ4n) is 1.73. The molecule has 1 unspecified atom stereocenters. The standard InChI is InChI=1S/C14H13F5O4/c1-3-22-7(20)4-5-8(21)23-6(2)9-10(15)12(17)14(19)13(18)11(9)16/h6H,3-5H2,1-2H3. The third kappa shape index (κ3) is 4.40. The van der Waals surface area contributed by atoms with Gasteiger partial charge in [-0.25, -0.2) is 22.0 Å². The Morgan fingerprint density at radius 3 is 1.78 bits per heavy atom. The Morgan fingerprint density at radius 1 is 0.870 bits per heavy atom.